The van der Waals surface area contributed by atoms with Crippen LogP contribution in [-0.2, 0) is 14.3 Å². The van der Waals surface area contributed by atoms with Gasteiger partial charge in [-0.3, -0.25) is 9.59 Å². The summed E-state index contributed by atoms with van der Waals surface area (Å²) in [6.07, 6.45) is 39.5. The molecule has 0 heterocycles. The molecule has 1 unspecified atom stereocenters. The van der Waals surface area contributed by atoms with E-state index >= 15 is 0 Å². The van der Waals surface area contributed by atoms with Crippen LogP contribution in [0.15, 0.2) is 12.2 Å². The van der Waals surface area contributed by atoms with Crippen LogP contribution >= 0.6 is 0 Å². The molecule has 4 heteroatoms. The number of ether oxygens (including phenoxy) is 1. The molecule has 0 aromatic carbocycles. The van der Waals surface area contributed by atoms with Gasteiger partial charge in [-0.2, -0.15) is 0 Å². The van der Waals surface area contributed by atoms with E-state index in [0.717, 1.165) is 32.1 Å². The van der Waals surface area contributed by atoms with Crippen molar-refractivity contribution in [3.63, 3.8) is 0 Å². The van der Waals surface area contributed by atoms with Crippen molar-refractivity contribution in [3.05, 3.63) is 12.2 Å². The third kappa shape index (κ3) is 29.7. The first kappa shape index (κ1) is 38.7. The normalized spacial score (nSPS) is 12.2. The van der Waals surface area contributed by atoms with Crippen molar-refractivity contribution in [3.8, 4) is 0 Å². The highest BCUT2D eigenvalue weighted by Crippen LogP contribution is 2.17. The van der Waals surface area contributed by atoms with Crippen molar-refractivity contribution >= 4 is 11.9 Å². The van der Waals surface area contributed by atoms with E-state index in [9.17, 15) is 14.7 Å². The number of carboxylic acids is 1. The molecule has 0 amide bonds. The SMILES string of the molecule is CCCCCCCCCCCCCCCCCCCC/C=C/CCCCCCCC(CC(=O)OCCC)C(=O)O. The van der Waals surface area contributed by atoms with Gasteiger partial charge >= 0.3 is 11.9 Å². The lowest BCUT2D eigenvalue weighted by atomic mass is 9.97. The molecule has 4 nitrogen and oxygen atoms in total. The van der Waals surface area contributed by atoms with Gasteiger partial charge in [-0.25, -0.2) is 0 Å². The maximum atomic E-state index is 11.7. The number of aliphatic carboxylic acids is 1. The average Bonchev–Trinajstić information content (AvgIpc) is 2.94. The molecule has 0 aliphatic rings. The summed E-state index contributed by atoms with van der Waals surface area (Å²) in [4.78, 5) is 23.0. The topological polar surface area (TPSA) is 63.6 Å². The van der Waals surface area contributed by atoms with Crippen LogP contribution in [0.25, 0.3) is 0 Å². The summed E-state index contributed by atoms with van der Waals surface area (Å²) < 4.78 is 5.03. The third-order valence-electron chi connectivity index (χ3n) is 8.04. The summed E-state index contributed by atoms with van der Waals surface area (Å²) in [5, 5.41) is 9.33. The zero-order valence-corrected chi connectivity index (χ0v) is 26.9. The van der Waals surface area contributed by atoms with Crippen LogP contribution in [0.2, 0.25) is 0 Å². The van der Waals surface area contributed by atoms with Gasteiger partial charge in [0.2, 0.25) is 0 Å². The van der Waals surface area contributed by atoms with E-state index in [1.807, 2.05) is 6.92 Å². The summed E-state index contributed by atoms with van der Waals surface area (Å²) in [5.74, 6) is -1.87. The molecule has 0 saturated carbocycles. The van der Waals surface area contributed by atoms with Crippen LogP contribution < -0.4 is 0 Å². The molecule has 1 N–H and O–H groups in total. The second-order valence-electron chi connectivity index (χ2n) is 12.1. The molecular formula is C36H68O4. The van der Waals surface area contributed by atoms with Crippen LogP contribution in [0.5, 0.6) is 0 Å². The van der Waals surface area contributed by atoms with Crippen molar-refractivity contribution in [2.24, 2.45) is 5.92 Å². The lowest BCUT2D eigenvalue weighted by Gasteiger charge is -2.11. The maximum Gasteiger partial charge on any atom is 0.307 e. The smallest absolute Gasteiger partial charge is 0.307 e. The quantitative estimate of drug-likeness (QED) is 0.0501. The number of carbonyl (C=O) groups excluding carboxylic acids is 1. The lowest BCUT2D eigenvalue weighted by Crippen LogP contribution is -2.19. The fourth-order valence-corrected chi connectivity index (χ4v) is 5.37. The Bertz CT molecular complexity index is 571. The Morgan fingerprint density at radius 1 is 0.550 bits per heavy atom. The van der Waals surface area contributed by atoms with Crippen molar-refractivity contribution in [2.45, 2.75) is 194 Å². The first-order chi connectivity index (χ1) is 19.6. The van der Waals surface area contributed by atoms with E-state index in [1.54, 1.807) is 0 Å². The second kappa shape index (κ2) is 32.2. The van der Waals surface area contributed by atoms with Gasteiger partial charge in [0.25, 0.3) is 0 Å². The Balaban J connectivity index is 3.33. The largest absolute Gasteiger partial charge is 0.481 e. The van der Waals surface area contributed by atoms with Crippen LogP contribution in [0.1, 0.15) is 194 Å². The summed E-state index contributed by atoms with van der Waals surface area (Å²) >= 11 is 0. The van der Waals surface area contributed by atoms with Crippen LogP contribution in [0.3, 0.4) is 0 Å². The maximum absolute atomic E-state index is 11.7. The first-order valence-corrected chi connectivity index (χ1v) is 17.6. The second-order valence-corrected chi connectivity index (χ2v) is 12.1. The molecular weight excluding hydrogens is 496 g/mol. The Hall–Kier alpha value is -1.32. The summed E-state index contributed by atoms with van der Waals surface area (Å²) in [6.45, 7) is 4.60. The summed E-state index contributed by atoms with van der Waals surface area (Å²) in [7, 11) is 0. The molecule has 40 heavy (non-hydrogen) atoms. The minimum absolute atomic E-state index is 0.000393. The van der Waals surface area contributed by atoms with E-state index < -0.39 is 11.9 Å². The highest BCUT2D eigenvalue weighted by Gasteiger charge is 2.21. The number of allylic oxidation sites excluding steroid dienone is 2. The molecule has 0 aromatic heterocycles. The Morgan fingerprint density at radius 2 is 0.925 bits per heavy atom. The first-order valence-electron chi connectivity index (χ1n) is 17.6. The number of unbranched alkanes of at least 4 members (excludes halogenated alkanes) is 23. The number of hydrogen-bond donors (Lipinski definition) is 1. The van der Waals surface area contributed by atoms with Gasteiger partial charge in [0.05, 0.1) is 18.9 Å². The van der Waals surface area contributed by atoms with Gasteiger partial charge in [-0.1, -0.05) is 161 Å². The third-order valence-corrected chi connectivity index (χ3v) is 8.04. The molecule has 236 valence electrons. The Labute approximate surface area is 249 Å². The molecule has 0 aliphatic heterocycles. The minimum Gasteiger partial charge on any atom is -0.481 e. The van der Waals surface area contributed by atoms with E-state index in [2.05, 4.69) is 19.1 Å². The van der Waals surface area contributed by atoms with E-state index in [0.29, 0.717) is 13.0 Å². The average molecular weight is 565 g/mol. The highest BCUT2D eigenvalue weighted by atomic mass is 16.5. The fourth-order valence-electron chi connectivity index (χ4n) is 5.37. The molecule has 0 rings (SSSR count). The minimum atomic E-state index is -0.881. The van der Waals surface area contributed by atoms with Crippen molar-refractivity contribution < 1.29 is 19.4 Å². The lowest BCUT2D eigenvalue weighted by molar-refractivity contribution is -0.151. The molecule has 0 radical (unpaired) electrons. The van der Waals surface area contributed by atoms with E-state index in [-0.39, 0.29) is 12.4 Å². The molecule has 0 aromatic rings. The molecule has 1 atom stereocenters. The Morgan fingerprint density at radius 3 is 1.30 bits per heavy atom. The number of esters is 1. The summed E-state index contributed by atoms with van der Waals surface area (Å²) in [5.41, 5.74) is 0. The number of hydrogen-bond acceptors (Lipinski definition) is 3. The van der Waals surface area contributed by atoms with Gasteiger partial charge < -0.3 is 9.84 Å². The van der Waals surface area contributed by atoms with Crippen LogP contribution in [0.4, 0.5) is 0 Å². The van der Waals surface area contributed by atoms with Gasteiger partial charge in [0.1, 0.15) is 0 Å². The van der Waals surface area contributed by atoms with Crippen molar-refractivity contribution in [2.75, 3.05) is 6.61 Å². The summed E-state index contributed by atoms with van der Waals surface area (Å²) in [6, 6.07) is 0. The molecule has 0 fully saturated rings. The molecule has 0 spiro atoms. The highest BCUT2D eigenvalue weighted by molar-refractivity contribution is 5.78. The van der Waals surface area contributed by atoms with Gasteiger partial charge in [-0.15, -0.1) is 0 Å². The fraction of sp³-hybridized carbons (Fsp3) is 0.889. The van der Waals surface area contributed by atoms with Crippen LogP contribution in [-0.4, -0.2) is 23.7 Å². The van der Waals surface area contributed by atoms with Gasteiger partial charge in [0.15, 0.2) is 0 Å². The van der Waals surface area contributed by atoms with Gasteiger partial charge in [0, 0.05) is 0 Å². The number of carboxylic acid groups (broad SMARTS) is 1. The number of rotatable bonds is 32. The molecule has 0 bridgehead atoms. The zero-order valence-electron chi connectivity index (χ0n) is 26.9. The predicted octanol–water partition coefficient (Wildman–Crippen LogP) is 11.7. The van der Waals surface area contributed by atoms with E-state index in [4.69, 9.17) is 4.74 Å². The molecule has 0 aliphatic carbocycles. The van der Waals surface area contributed by atoms with Crippen molar-refractivity contribution in [1.82, 2.24) is 0 Å². The monoisotopic (exact) mass is 565 g/mol. The zero-order chi connectivity index (χ0) is 29.4. The van der Waals surface area contributed by atoms with Crippen LogP contribution in [0, 0.1) is 5.92 Å². The van der Waals surface area contributed by atoms with Gasteiger partial charge in [-0.05, 0) is 38.5 Å². The van der Waals surface area contributed by atoms with E-state index in [1.165, 1.54) is 135 Å². The molecule has 0 saturated heterocycles. The number of carbonyl (C=O) groups is 2. The standard InChI is InChI=1S/C36H68O4/c1-3-5-6-7-8-9-10-11-12-13-14-15-16-17-18-19-20-21-22-23-24-25-26-27-28-29-30-31-34(36(38)39)33-35(37)40-32-4-2/h23-24,34H,3-22,25-33H2,1-2H3,(H,38,39)/b24-23+. The Kier molecular flexibility index (Phi) is 31.1. The predicted molar refractivity (Wildman–Crippen MR) is 172 cm³/mol. The van der Waals surface area contributed by atoms with Crippen molar-refractivity contribution in [1.29, 1.82) is 0 Å².